The first-order chi connectivity index (χ1) is 14.9. The number of carbonyl (C=O) groups excluding carboxylic acids is 1. The highest BCUT2D eigenvalue weighted by atomic mass is 35.5. The Kier molecular flexibility index (Phi) is 8.21. The molecule has 1 aliphatic carbocycles. The molecule has 8 heteroatoms. The maximum atomic E-state index is 13.5. The number of hydrogen-bond acceptors (Lipinski definition) is 4. The second kappa shape index (κ2) is 10.9. The lowest BCUT2D eigenvalue weighted by Crippen LogP contribution is -2.42. The molecule has 1 N–H and O–H groups in total. The fourth-order valence-electron chi connectivity index (χ4n) is 3.81. The minimum Gasteiger partial charge on any atom is -0.492 e. The summed E-state index contributed by atoms with van der Waals surface area (Å²) >= 11 is 5.93. The maximum Gasteiger partial charge on any atom is 0.264 e. The second-order valence-corrected chi connectivity index (χ2v) is 9.97. The van der Waals surface area contributed by atoms with Crippen LogP contribution in [0.5, 0.6) is 5.75 Å². The van der Waals surface area contributed by atoms with E-state index in [0.717, 1.165) is 17.1 Å². The van der Waals surface area contributed by atoms with Crippen molar-refractivity contribution >= 4 is 33.2 Å². The van der Waals surface area contributed by atoms with Crippen LogP contribution in [-0.4, -0.2) is 34.0 Å². The fourth-order valence-corrected chi connectivity index (χ4v) is 5.37. The highest BCUT2D eigenvalue weighted by Gasteiger charge is 2.29. The van der Waals surface area contributed by atoms with Gasteiger partial charge in [0.05, 0.1) is 17.2 Å². The van der Waals surface area contributed by atoms with E-state index in [1.807, 2.05) is 6.92 Å². The van der Waals surface area contributed by atoms with Crippen molar-refractivity contribution in [2.24, 2.45) is 5.92 Å². The molecule has 0 atom stereocenters. The summed E-state index contributed by atoms with van der Waals surface area (Å²) < 4.78 is 33.7. The summed E-state index contributed by atoms with van der Waals surface area (Å²) in [7, 11) is -4.02. The first-order valence-electron chi connectivity index (χ1n) is 10.7. The van der Waals surface area contributed by atoms with E-state index in [2.05, 4.69) is 5.32 Å². The topological polar surface area (TPSA) is 75.7 Å². The Hall–Kier alpha value is -2.25. The highest BCUT2D eigenvalue weighted by molar-refractivity contribution is 7.92. The van der Waals surface area contributed by atoms with Crippen molar-refractivity contribution in [1.29, 1.82) is 0 Å². The van der Waals surface area contributed by atoms with Crippen LogP contribution < -0.4 is 14.4 Å². The molecule has 1 amide bonds. The van der Waals surface area contributed by atoms with E-state index in [4.69, 9.17) is 16.3 Å². The molecule has 0 aliphatic heterocycles. The normalized spacial score (nSPS) is 14.8. The van der Waals surface area contributed by atoms with Crippen molar-refractivity contribution in [2.75, 3.05) is 24.0 Å². The molecule has 0 aromatic heterocycles. The van der Waals surface area contributed by atoms with Gasteiger partial charge in [0.1, 0.15) is 12.3 Å². The van der Waals surface area contributed by atoms with Gasteiger partial charge in [-0.15, -0.1) is 0 Å². The average molecular weight is 465 g/mol. The van der Waals surface area contributed by atoms with Gasteiger partial charge in [-0.1, -0.05) is 43.0 Å². The van der Waals surface area contributed by atoms with Gasteiger partial charge in [-0.25, -0.2) is 8.42 Å². The third kappa shape index (κ3) is 6.14. The molecule has 1 saturated carbocycles. The summed E-state index contributed by atoms with van der Waals surface area (Å²) in [5, 5.41) is 3.37. The van der Waals surface area contributed by atoms with Gasteiger partial charge in [0, 0.05) is 11.6 Å². The Labute approximate surface area is 189 Å². The van der Waals surface area contributed by atoms with Crippen molar-refractivity contribution < 1.29 is 17.9 Å². The molecule has 0 heterocycles. The molecule has 6 nitrogen and oxygen atoms in total. The van der Waals surface area contributed by atoms with Crippen molar-refractivity contribution in [1.82, 2.24) is 5.32 Å². The number of carbonyl (C=O) groups is 1. The van der Waals surface area contributed by atoms with Crippen LogP contribution in [0, 0.1) is 5.92 Å². The Morgan fingerprint density at radius 2 is 1.77 bits per heavy atom. The van der Waals surface area contributed by atoms with Gasteiger partial charge in [-0.05, 0) is 62.1 Å². The Bertz CT molecular complexity index is 973. The van der Waals surface area contributed by atoms with Crippen molar-refractivity contribution in [3.63, 3.8) is 0 Å². The Balaban J connectivity index is 1.87. The Morgan fingerprint density at radius 3 is 2.45 bits per heavy atom. The molecule has 0 bridgehead atoms. The first kappa shape index (κ1) is 23.4. The number of ether oxygens (including phenoxy) is 1. The van der Waals surface area contributed by atoms with Crippen LogP contribution >= 0.6 is 11.6 Å². The molecule has 0 radical (unpaired) electrons. The number of benzene rings is 2. The number of para-hydroxylation sites is 2. The van der Waals surface area contributed by atoms with Gasteiger partial charge in [-0.2, -0.15) is 0 Å². The van der Waals surface area contributed by atoms with E-state index in [1.54, 1.807) is 24.3 Å². The molecule has 3 rings (SSSR count). The predicted molar refractivity (Wildman–Crippen MR) is 123 cm³/mol. The van der Waals surface area contributed by atoms with Gasteiger partial charge < -0.3 is 10.1 Å². The SMILES string of the molecule is CCOc1ccccc1N(CC(=O)NCC1CCCCC1)S(=O)(=O)c1ccc(Cl)cc1. The second-order valence-electron chi connectivity index (χ2n) is 7.67. The molecule has 1 aliphatic rings. The lowest BCUT2D eigenvalue weighted by atomic mass is 9.89. The van der Waals surface area contributed by atoms with Crippen LogP contribution in [0.2, 0.25) is 5.02 Å². The van der Waals surface area contributed by atoms with E-state index in [1.165, 1.54) is 43.5 Å². The number of sulfonamides is 1. The molecule has 2 aromatic rings. The lowest BCUT2D eigenvalue weighted by molar-refractivity contribution is -0.119. The lowest BCUT2D eigenvalue weighted by Gasteiger charge is -2.27. The zero-order chi connectivity index (χ0) is 22.3. The maximum absolute atomic E-state index is 13.5. The summed E-state index contributed by atoms with van der Waals surface area (Å²) in [6.07, 6.45) is 5.80. The number of nitrogens with zero attached hydrogens (tertiary/aromatic N) is 1. The smallest absolute Gasteiger partial charge is 0.264 e. The third-order valence-corrected chi connectivity index (χ3v) is 7.46. The Morgan fingerprint density at radius 1 is 1.10 bits per heavy atom. The molecular weight excluding hydrogens is 436 g/mol. The number of amides is 1. The summed E-state index contributed by atoms with van der Waals surface area (Å²) in [4.78, 5) is 12.9. The predicted octanol–water partition coefficient (Wildman–Crippen LogP) is 4.63. The summed E-state index contributed by atoms with van der Waals surface area (Å²) in [5.41, 5.74) is 0.326. The monoisotopic (exact) mass is 464 g/mol. The van der Waals surface area contributed by atoms with E-state index in [0.29, 0.717) is 35.5 Å². The van der Waals surface area contributed by atoms with Crippen molar-refractivity contribution in [3.05, 3.63) is 53.6 Å². The number of rotatable bonds is 9. The summed E-state index contributed by atoms with van der Waals surface area (Å²) in [5.74, 6) is 0.520. The minimum atomic E-state index is -4.02. The minimum absolute atomic E-state index is 0.0586. The number of halogens is 1. The molecule has 0 spiro atoms. The third-order valence-electron chi connectivity index (χ3n) is 5.44. The van der Waals surface area contributed by atoms with E-state index >= 15 is 0 Å². The number of anilines is 1. The summed E-state index contributed by atoms with van der Waals surface area (Å²) in [6, 6.07) is 12.7. The van der Waals surface area contributed by atoms with Gasteiger partial charge in [0.2, 0.25) is 5.91 Å². The van der Waals surface area contributed by atoms with Crippen LogP contribution in [0.3, 0.4) is 0 Å². The molecule has 168 valence electrons. The van der Waals surface area contributed by atoms with Crippen LogP contribution in [-0.2, 0) is 14.8 Å². The van der Waals surface area contributed by atoms with E-state index in [-0.39, 0.29) is 17.3 Å². The molecule has 2 aromatic carbocycles. The molecule has 1 fully saturated rings. The average Bonchev–Trinajstić information content (AvgIpc) is 2.78. The van der Waals surface area contributed by atoms with Crippen LogP contribution in [0.15, 0.2) is 53.4 Å². The van der Waals surface area contributed by atoms with Crippen LogP contribution in [0.1, 0.15) is 39.0 Å². The van der Waals surface area contributed by atoms with Crippen molar-refractivity contribution in [3.8, 4) is 5.75 Å². The quantitative estimate of drug-likeness (QED) is 0.587. The first-order valence-corrected chi connectivity index (χ1v) is 12.5. The van der Waals surface area contributed by atoms with Gasteiger partial charge in [-0.3, -0.25) is 9.10 Å². The standard InChI is InChI=1S/C23H29ClN2O4S/c1-2-30-22-11-7-6-10-21(22)26(31(28,29)20-14-12-19(24)13-15-20)17-23(27)25-16-18-8-4-3-5-9-18/h6-7,10-15,18H,2-5,8-9,16-17H2,1H3,(H,25,27). The molecule has 31 heavy (non-hydrogen) atoms. The molecular formula is C23H29ClN2O4S. The number of nitrogens with one attached hydrogen (secondary N) is 1. The zero-order valence-corrected chi connectivity index (χ0v) is 19.3. The zero-order valence-electron chi connectivity index (χ0n) is 17.7. The molecule has 0 unspecified atom stereocenters. The largest absolute Gasteiger partial charge is 0.492 e. The van der Waals surface area contributed by atoms with Gasteiger partial charge >= 0.3 is 0 Å². The van der Waals surface area contributed by atoms with Gasteiger partial charge in [0.25, 0.3) is 10.0 Å². The summed E-state index contributed by atoms with van der Waals surface area (Å²) in [6.45, 7) is 2.44. The fraction of sp³-hybridized carbons (Fsp3) is 0.435. The van der Waals surface area contributed by atoms with E-state index < -0.39 is 10.0 Å². The highest BCUT2D eigenvalue weighted by Crippen LogP contribution is 2.32. The van der Waals surface area contributed by atoms with E-state index in [9.17, 15) is 13.2 Å². The number of hydrogen-bond donors (Lipinski definition) is 1. The van der Waals surface area contributed by atoms with Crippen molar-refractivity contribution in [2.45, 2.75) is 43.9 Å². The molecule has 0 saturated heterocycles. The van der Waals surface area contributed by atoms with Crippen LogP contribution in [0.25, 0.3) is 0 Å². The van der Waals surface area contributed by atoms with Crippen LogP contribution in [0.4, 0.5) is 5.69 Å². The van der Waals surface area contributed by atoms with Gasteiger partial charge in [0.15, 0.2) is 0 Å².